The Balaban J connectivity index is 1.98. The van der Waals surface area contributed by atoms with E-state index in [0.29, 0.717) is 25.0 Å². The number of para-hydroxylation sites is 1. The van der Waals surface area contributed by atoms with E-state index >= 15 is 0 Å². The number of benzene rings is 1. The number of sulfonamides is 1. The second kappa shape index (κ2) is 7.44. The number of methoxy groups -OCH3 is 1. The van der Waals surface area contributed by atoms with E-state index in [2.05, 4.69) is 18.3 Å². The van der Waals surface area contributed by atoms with Crippen LogP contribution in [0.15, 0.2) is 24.3 Å². The van der Waals surface area contributed by atoms with Gasteiger partial charge in [-0.2, -0.15) is 0 Å². The predicted molar refractivity (Wildman–Crippen MR) is 88.4 cm³/mol. The molecule has 0 unspecified atom stereocenters. The third kappa shape index (κ3) is 4.21. The van der Waals surface area contributed by atoms with E-state index in [-0.39, 0.29) is 0 Å². The maximum Gasteiger partial charge on any atom is 0.211 e. The Hall–Kier alpha value is -1.11. The summed E-state index contributed by atoms with van der Waals surface area (Å²) < 4.78 is 30.4. The first-order valence-corrected chi connectivity index (χ1v) is 9.61. The topological polar surface area (TPSA) is 58.6 Å². The van der Waals surface area contributed by atoms with Gasteiger partial charge in [-0.05, 0) is 18.4 Å². The van der Waals surface area contributed by atoms with Gasteiger partial charge in [-0.3, -0.25) is 0 Å². The third-order valence-electron chi connectivity index (χ3n) is 4.44. The smallest absolute Gasteiger partial charge is 0.211 e. The lowest BCUT2D eigenvalue weighted by atomic mass is 9.91. The lowest BCUT2D eigenvalue weighted by molar-refractivity contribution is 0.201. The Morgan fingerprint density at radius 2 is 2.09 bits per heavy atom. The first-order valence-electron chi connectivity index (χ1n) is 7.76. The fourth-order valence-corrected chi connectivity index (χ4v) is 3.97. The van der Waals surface area contributed by atoms with Crippen molar-refractivity contribution < 1.29 is 13.2 Å². The second-order valence-electron chi connectivity index (χ2n) is 5.88. The molecule has 0 bridgehead atoms. The Bertz CT molecular complexity index is 589. The normalized spacial score (nSPS) is 23.4. The highest BCUT2D eigenvalue weighted by Crippen LogP contribution is 2.23. The molecule has 124 valence electrons. The van der Waals surface area contributed by atoms with Crippen LogP contribution in [0, 0.1) is 5.92 Å². The van der Waals surface area contributed by atoms with Crippen molar-refractivity contribution in [1.29, 1.82) is 0 Å². The van der Waals surface area contributed by atoms with Gasteiger partial charge < -0.3 is 10.1 Å². The molecule has 0 spiro atoms. The molecule has 1 aliphatic rings. The monoisotopic (exact) mass is 326 g/mol. The molecule has 22 heavy (non-hydrogen) atoms. The molecule has 2 atom stereocenters. The maximum absolute atomic E-state index is 11.7. The van der Waals surface area contributed by atoms with Crippen molar-refractivity contribution >= 4 is 10.0 Å². The minimum Gasteiger partial charge on any atom is -0.496 e. The van der Waals surface area contributed by atoms with E-state index in [4.69, 9.17) is 4.74 Å². The molecule has 1 aromatic carbocycles. The summed E-state index contributed by atoms with van der Waals surface area (Å²) in [5.41, 5.74) is 1.13. The van der Waals surface area contributed by atoms with Crippen LogP contribution in [-0.2, 0) is 16.6 Å². The summed E-state index contributed by atoms with van der Waals surface area (Å²) in [6, 6.07) is 8.32. The van der Waals surface area contributed by atoms with Crippen molar-refractivity contribution in [1.82, 2.24) is 9.62 Å². The van der Waals surface area contributed by atoms with Gasteiger partial charge >= 0.3 is 0 Å². The molecule has 0 radical (unpaired) electrons. The standard InChI is InChI=1S/C16H26N2O3S/c1-4-13-12-18(22(3,19)20)10-9-15(13)17-11-14-7-5-6-8-16(14)21-2/h5-8,13,15,17H,4,9-12H2,1-3H3/t13-,15+/m0/s1. The van der Waals surface area contributed by atoms with Crippen LogP contribution in [0.4, 0.5) is 0 Å². The summed E-state index contributed by atoms with van der Waals surface area (Å²) in [6.07, 6.45) is 3.11. The number of nitrogens with zero attached hydrogens (tertiary/aromatic N) is 1. The molecule has 1 saturated heterocycles. The van der Waals surface area contributed by atoms with E-state index < -0.39 is 10.0 Å². The molecule has 6 heteroatoms. The first-order chi connectivity index (χ1) is 10.5. The number of rotatable bonds is 6. The molecule has 1 N–H and O–H groups in total. The molecular formula is C16H26N2O3S. The fourth-order valence-electron chi connectivity index (χ4n) is 3.07. The van der Waals surface area contributed by atoms with Gasteiger partial charge in [0.25, 0.3) is 0 Å². The molecule has 5 nitrogen and oxygen atoms in total. The quantitative estimate of drug-likeness (QED) is 0.867. The van der Waals surface area contributed by atoms with Gasteiger partial charge in [0.05, 0.1) is 13.4 Å². The van der Waals surface area contributed by atoms with Crippen LogP contribution in [0.3, 0.4) is 0 Å². The molecule has 0 amide bonds. The van der Waals surface area contributed by atoms with E-state index in [1.54, 1.807) is 11.4 Å². The molecule has 1 aliphatic heterocycles. The van der Waals surface area contributed by atoms with Crippen LogP contribution in [0.1, 0.15) is 25.3 Å². The lowest BCUT2D eigenvalue weighted by Crippen LogP contribution is -2.50. The lowest BCUT2D eigenvalue weighted by Gasteiger charge is -2.37. The van der Waals surface area contributed by atoms with Gasteiger partial charge in [0, 0.05) is 31.2 Å². The summed E-state index contributed by atoms with van der Waals surface area (Å²) in [4.78, 5) is 0. The zero-order valence-electron chi connectivity index (χ0n) is 13.6. The highest BCUT2D eigenvalue weighted by Gasteiger charge is 2.31. The van der Waals surface area contributed by atoms with E-state index in [9.17, 15) is 8.42 Å². The molecule has 0 aliphatic carbocycles. The van der Waals surface area contributed by atoms with Crippen molar-refractivity contribution in [2.45, 2.75) is 32.4 Å². The molecular weight excluding hydrogens is 300 g/mol. The van der Waals surface area contributed by atoms with Crippen LogP contribution >= 0.6 is 0 Å². The minimum atomic E-state index is -3.08. The number of ether oxygens (including phenoxy) is 1. The SMILES string of the molecule is CC[C@H]1CN(S(C)(=O)=O)CC[C@H]1NCc1ccccc1OC. The predicted octanol–water partition coefficient (Wildman–Crippen LogP) is 1.84. The summed E-state index contributed by atoms with van der Waals surface area (Å²) >= 11 is 0. The maximum atomic E-state index is 11.7. The van der Waals surface area contributed by atoms with Crippen molar-refractivity contribution in [2.75, 3.05) is 26.5 Å². The first kappa shape index (κ1) is 17.2. The van der Waals surface area contributed by atoms with Gasteiger partial charge in [-0.1, -0.05) is 31.5 Å². The molecule has 1 heterocycles. The van der Waals surface area contributed by atoms with Gasteiger partial charge in [0.1, 0.15) is 5.75 Å². The van der Waals surface area contributed by atoms with Crippen molar-refractivity contribution in [2.24, 2.45) is 5.92 Å². The average molecular weight is 326 g/mol. The second-order valence-corrected chi connectivity index (χ2v) is 7.86. The zero-order chi connectivity index (χ0) is 16.2. The average Bonchev–Trinajstić information content (AvgIpc) is 2.52. The van der Waals surface area contributed by atoms with E-state index in [1.165, 1.54) is 6.26 Å². The molecule has 0 saturated carbocycles. The molecule has 1 aromatic rings. The Morgan fingerprint density at radius 1 is 1.36 bits per heavy atom. The number of hydrogen-bond donors (Lipinski definition) is 1. The van der Waals surface area contributed by atoms with Gasteiger partial charge in [-0.25, -0.2) is 12.7 Å². The van der Waals surface area contributed by atoms with Gasteiger partial charge in [-0.15, -0.1) is 0 Å². The highest BCUT2D eigenvalue weighted by atomic mass is 32.2. The largest absolute Gasteiger partial charge is 0.496 e. The summed E-state index contributed by atoms with van der Waals surface area (Å²) in [6.45, 7) is 4.07. The van der Waals surface area contributed by atoms with Crippen molar-refractivity contribution in [3.63, 3.8) is 0 Å². The number of nitrogens with one attached hydrogen (secondary N) is 1. The van der Waals surface area contributed by atoms with Crippen LogP contribution in [-0.4, -0.2) is 45.2 Å². The number of hydrogen-bond acceptors (Lipinski definition) is 4. The van der Waals surface area contributed by atoms with Crippen molar-refractivity contribution in [3.05, 3.63) is 29.8 Å². The Morgan fingerprint density at radius 3 is 2.73 bits per heavy atom. The van der Waals surface area contributed by atoms with Gasteiger partial charge in [0.2, 0.25) is 10.0 Å². The van der Waals surface area contributed by atoms with Crippen molar-refractivity contribution in [3.8, 4) is 5.75 Å². The molecule has 2 rings (SSSR count). The fraction of sp³-hybridized carbons (Fsp3) is 0.625. The molecule has 1 fully saturated rings. The Labute approximate surface area is 133 Å². The minimum absolute atomic E-state index is 0.341. The van der Waals surface area contributed by atoms with E-state index in [0.717, 1.165) is 30.7 Å². The summed E-state index contributed by atoms with van der Waals surface area (Å²) in [7, 11) is -1.41. The molecule has 0 aromatic heterocycles. The highest BCUT2D eigenvalue weighted by molar-refractivity contribution is 7.88. The zero-order valence-corrected chi connectivity index (χ0v) is 14.4. The van der Waals surface area contributed by atoms with Crippen LogP contribution in [0.5, 0.6) is 5.75 Å². The van der Waals surface area contributed by atoms with Crippen LogP contribution in [0.2, 0.25) is 0 Å². The summed E-state index contributed by atoms with van der Waals surface area (Å²) in [5.74, 6) is 1.23. The number of piperidine rings is 1. The van der Waals surface area contributed by atoms with E-state index in [1.807, 2.05) is 18.2 Å². The third-order valence-corrected chi connectivity index (χ3v) is 5.71. The van der Waals surface area contributed by atoms with Gasteiger partial charge in [0.15, 0.2) is 0 Å². The van der Waals surface area contributed by atoms with Crippen LogP contribution in [0.25, 0.3) is 0 Å². The Kier molecular flexibility index (Phi) is 5.83. The summed E-state index contributed by atoms with van der Waals surface area (Å²) in [5, 5.41) is 3.58. The van der Waals surface area contributed by atoms with Crippen LogP contribution < -0.4 is 10.1 Å².